The van der Waals surface area contributed by atoms with E-state index in [1.807, 2.05) is 13.1 Å². The summed E-state index contributed by atoms with van der Waals surface area (Å²) in [7, 11) is 1.85. The minimum absolute atomic E-state index is 0.0371. The molecule has 0 aliphatic heterocycles. The van der Waals surface area contributed by atoms with Crippen LogP contribution in [0.2, 0.25) is 0 Å². The lowest BCUT2D eigenvalue weighted by Gasteiger charge is -2.06. The third-order valence-electron chi connectivity index (χ3n) is 2.25. The lowest BCUT2D eigenvalue weighted by atomic mass is 10.1. The molecule has 0 aliphatic carbocycles. The molecular formula is C12H17N3O2. The fourth-order valence-corrected chi connectivity index (χ4v) is 1.38. The fraction of sp³-hybridized carbons (Fsp3) is 0.333. The van der Waals surface area contributed by atoms with Crippen molar-refractivity contribution < 1.29 is 10.0 Å². The van der Waals surface area contributed by atoms with E-state index in [9.17, 15) is 4.79 Å². The maximum Gasteiger partial charge on any atom is 0.273 e. The zero-order valence-electron chi connectivity index (χ0n) is 9.81. The first-order chi connectivity index (χ1) is 8.29. The van der Waals surface area contributed by atoms with Crippen molar-refractivity contribution in [1.29, 1.82) is 0 Å². The van der Waals surface area contributed by atoms with Gasteiger partial charge in [-0.3, -0.25) is 4.79 Å². The second-order valence-electron chi connectivity index (χ2n) is 3.53. The summed E-state index contributed by atoms with van der Waals surface area (Å²) in [6.45, 7) is 1.38. The largest absolute Gasteiger partial charge is 0.410 e. The summed E-state index contributed by atoms with van der Waals surface area (Å²) in [4.78, 5) is 11.7. The number of hydrogen-bond donors (Lipinski definition) is 3. The van der Waals surface area contributed by atoms with E-state index in [1.165, 1.54) is 0 Å². The van der Waals surface area contributed by atoms with Crippen molar-refractivity contribution in [2.45, 2.75) is 6.42 Å². The number of benzene rings is 1. The average molecular weight is 235 g/mol. The average Bonchev–Trinajstić information content (AvgIpc) is 2.37. The molecule has 0 unspecified atom stereocenters. The standard InChI is InChI=1S/C12H17N3O2/c1-13-8-5-9-14-12(16)11(15-17)10-6-3-2-4-7-10/h2-4,6-7,13,17H,5,8-9H2,1H3,(H,14,16)/b15-11-. The molecule has 1 aromatic rings. The fourth-order valence-electron chi connectivity index (χ4n) is 1.38. The van der Waals surface area contributed by atoms with Gasteiger partial charge in [-0.1, -0.05) is 35.5 Å². The molecule has 0 spiro atoms. The molecule has 17 heavy (non-hydrogen) atoms. The highest BCUT2D eigenvalue weighted by Gasteiger charge is 2.13. The molecule has 3 N–H and O–H groups in total. The molecule has 0 fully saturated rings. The van der Waals surface area contributed by atoms with E-state index < -0.39 is 0 Å². The van der Waals surface area contributed by atoms with Crippen LogP contribution in [0, 0.1) is 0 Å². The summed E-state index contributed by atoms with van der Waals surface area (Å²) in [5, 5.41) is 17.6. The molecule has 0 aliphatic rings. The zero-order chi connectivity index (χ0) is 12.5. The quantitative estimate of drug-likeness (QED) is 0.292. The van der Waals surface area contributed by atoms with E-state index in [1.54, 1.807) is 24.3 Å². The third kappa shape index (κ3) is 4.24. The van der Waals surface area contributed by atoms with E-state index >= 15 is 0 Å². The number of nitrogens with zero attached hydrogens (tertiary/aromatic N) is 1. The van der Waals surface area contributed by atoms with Crippen molar-refractivity contribution in [3.63, 3.8) is 0 Å². The van der Waals surface area contributed by atoms with Gasteiger partial charge in [-0.15, -0.1) is 0 Å². The van der Waals surface area contributed by atoms with Gasteiger partial charge in [0.15, 0.2) is 5.71 Å². The van der Waals surface area contributed by atoms with Crippen LogP contribution >= 0.6 is 0 Å². The van der Waals surface area contributed by atoms with E-state index in [-0.39, 0.29) is 11.6 Å². The molecule has 0 saturated heterocycles. The van der Waals surface area contributed by atoms with Gasteiger partial charge in [0.1, 0.15) is 0 Å². The van der Waals surface area contributed by atoms with E-state index in [4.69, 9.17) is 5.21 Å². The van der Waals surface area contributed by atoms with Gasteiger partial charge in [0.2, 0.25) is 0 Å². The molecule has 1 aromatic carbocycles. The molecule has 5 nitrogen and oxygen atoms in total. The van der Waals surface area contributed by atoms with Crippen molar-refractivity contribution in [1.82, 2.24) is 10.6 Å². The molecule has 0 radical (unpaired) electrons. The van der Waals surface area contributed by atoms with Crippen LogP contribution < -0.4 is 10.6 Å². The predicted molar refractivity (Wildman–Crippen MR) is 66.3 cm³/mol. The summed E-state index contributed by atoms with van der Waals surface area (Å²) in [6.07, 6.45) is 0.829. The molecule has 0 aromatic heterocycles. The Hall–Kier alpha value is -1.88. The SMILES string of the molecule is CNCCCNC(=O)/C(=N\O)c1ccccc1. The van der Waals surface area contributed by atoms with Crippen molar-refractivity contribution in [2.75, 3.05) is 20.1 Å². The summed E-state index contributed by atoms with van der Waals surface area (Å²) in [5.41, 5.74) is 0.635. The van der Waals surface area contributed by atoms with Crippen LogP contribution in [0.25, 0.3) is 0 Å². The van der Waals surface area contributed by atoms with Crippen molar-refractivity contribution >= 4 is 11.6 Å². The van der Waals surface area contributed by atoms with Gasteiger partial charge in [0, 0.05) is 12.1 Å². The van der Waals surface area contributed by atoms with Crippen LogP contribution in [0.4, 0.5) is 0 Å². The van der Waals surface area contributed by atoms with Gasteiger partial charge in [-0.25, -0.2) is 0 Å². The van der Waals surface area contributed by atoms with Crippen molar-refractivity contribution in [2.24, 2.45) is 5.16 Å². The second-order valence-corrected chi connectivity index (χ2v) is 3.53. The first-order valence-electron chi connectivity index (χ1n) is 5.50. The number of oxime groups is 1. The van der Waals surface area contributed by atoms with Gasteiger partial charge < -0.3 is 15.8 Å². The van der Waals surface area contributed by atoms with Crippen LogP contribution in [0.3, 0.4) is 0 Å². The van der Waals surface area contributed by atoms with Crippen LogP contribution in [-0.2, 0) is 4.79 Å². The maximum absolute atomic E-state index is 11.7. The van der Waals surface area contributed by atoms with Gasteiger partial charge in [0.25, 0.3) is 5.91 Å². The number of carbonyl (C=O) groups excluding carboxylic acids is 1. The molecule has 0 bridgehead atoms. The first kappa shape index (κ1) is 13.2. The normalized spacial score (nSPS) is 11.2. The van der Waals surface area contributed by atoms with Crippen LogP contribution in [0.1, 0.15) is 12.0 Å². The number of hydrogen-bond acceptors (Lipinski definition) is 4. The van der Waals surface area contributed by atoms with Gasteiger partial charge >= 0.3 is 0 Å². The summed E-state index contributed by atoms with van der Waals surface area (Å²) in [6, 6.07) is 8.86. The highest BCUT2D eigenvalue weighted by molar-refractivity contribution is 6.45. The Bertz CT molecular complexity index is 377. The summed E-state index contributed by atoms with van der Waals surface area (Å²) >= 11 is 0. The molecule has 92 valence electrons. The molecule has 1 amide bonds. The van der Waals surface area contributed by atoms with Gasteiger partial charge in [0.05, 0.1) is 0 Å². The van der Waals surface area contributed by atoms with E-state index in [0.717, 1.165) is 13.0 Å². The minimum atomic E-state index is -0.366. The van der Waals surface area contributed by atoms with Crippen molar-refractivity contribution in [3.05, 3.63) is 35.9 Å². The Balaban J connectivity index is 2.55. The number of rotatable bonds is 6. The monoisotopic (exact) mass is 235 g/mol. The molecule has 0 saturated carbocycles. The first-order valence-corrected chi connectivity index (χ1v) is 5.50. The third-order valence-corrected chi connectivity index (χ3v) is 2.25. The van der Waals surface area contributed by atoms with Crippen molar-refractivity contribution in [3.8, 4) is 0 Å². The van der Waals surface area contributed by atoms with Crippen LogP contribution in [0.5, 0.6) is 0 Å². The molecular weight excluding hydrogens is 218 g/mol. The van der Waals surface area contributed by atoms with E-state index in [0.29, 0.717) is 12.1 Å². The highest BCUT2D eigenvalue weighted by Crippen LogP contribution is 2.01. The Morgan fingerprint density at radius 1 is 1.29 bits per heavy atom. The molecule has 0 atom stereocenters. The van der Waals surface area contributed by atoms with Gasteiger partial charge in [-0.05, 0) is 20.0 Å². The molecule has 1 rings (SSSR count). The number of nitrogens with one attached hydrogen (secondary N) is 2. The lowest BCUT2D eigenvalue weighted by Crippen LogP contribution is -2.33. The van der Waals surface area contributed by atoms with Gasteiger partial charge in [-0.2, -0.15) is 0 Å². The lowest BCUT2D eigenvalue weighted by molar-refractivity contribution is -0.114. The Morgan fingerprint density at radius 3 is 2.59 bits per heavy atom. The second kappa shape index (κ2) is 7.40. The Morgan fingerprint density at radius 2 is 2.00 bits per heavy atom. The maximum atomic E-state index is 11.7. The minimum Gasteiger partial charge on any atom is -0.410 e. The Kier molecular flexibility index (Phi) is 5.74. The molecule has 0 heterocycles. The molecule has 5 heteroatoms. The van der Waals surface area contributed by atoms with Crippen LogP contribution in [0.15, 0.2) is 35.5 Å². The smallest absolute Gasteiger partial charge is 0.273 e. The van der Waals surface area contributed by atoms with Crippen LogP contribution in [-0.4, -0.2) is 37.0 Å². The topological polar surface area (TPSA) is 73.7 Å². The predicted octanol–water partition coefficient (Wildman–Crippen LogP) is 0.591. The van der Waals surface area contributed by atoms with E-state index in [2.05, 4.69) is 15.8 Å². The zero-order valence-corrected chi connectivity index (χ0v) is 9.81. The highest BCUT2D eigenvalue weighted by atomic mass is 16.4. The Labute approximate surface area is 101 Å². The summed E-state index contributed by atoms with van der Waals surface area (Å²) in [5.74, 6) is -0.366. The number of amides is 1. The number of carbonyl (C=O) groups is 1. The summed E-state index contributed by atoms with van der Waals surface area (Å²) < 4.78 is 0.